The lowest BCUT2D eigenvalue weighted by atomic mass is 10.2. The van der Waals surface area contributed by atoms with E-state index in [1.54, 1.807) is 0 Å². The molecule has 1 N–H and O–H groups in total. The molecule has 1 amide bonds. The Morgan fingerprint density at radius 3 is 3.00 bits per heavy atom. The predicted molar refractivity (Wildman–Crippen MR) is 51.8 cm³/mol. The fourth-order valence-electron chi connectivity index (χ4n) is 1.31. The summed E-state index contributed by atoms with van der Waals surface area (Å²) in [4.78, 5) is 21.1. The number of nitrogens with zero attached hydrogens (tertiary/aromatic N) is 1. The zero-order valence-corrected chi connectivity index (χ0v) is 7.73. The standard InChI is InChI=1S/C9H8N2O4/c12-9-3-4-15-8-5-6(11(13)14)1-2-7(8)10-9/h1-2,5H,3-4H2,(H,10,12). The van der Waals surface area contributed by atoms with Crippen LogP contribution in [0.5, 0.6) is 5.75 Å². The first-order valence-corrected chi connectivity index (χ1v) is 4.38. The third-order valence-electron chi connectivity index (χ3n) is 2.04. The molecule has 1 aliphatic rings. The number of rotatable bonds is 1. The third kappa shape index (κ3) is 1.88. The minimum Gasteiger partial charge on any atom is -0.491 e. The number of amides is 1. The van der Waals surface area contributed by atoms with Crippen molar-refractivity contribution in [2.24, 2.45) is 0 Å². The van der Waals surface area contributed by atoms with E-state index in [0.29, 0.717) is 11.4 Å². The number of benzene rings is 1. The lowest BCUT2D eigenvalue weighted by molar-refractivity contribution is -0.384. The molecule has 0 radical (unpaired) electrons. The molecule has 0 aromatic heterocycles. The lowest BCUT2D eigenvalue weighted by Gasteiger charge is -2.05. The van der Waals surface area contributed by atoms with Crippen LogP contribution in [0.25, 0.3) is 0 Å². The molecule has 0 aliphatic carbocycles. The molecule has 1 aliphatic heterocycles. The summed E-state index contributed by atoms with van der Waals surface area (Å²) < 4.78 is 5.22. The van der Waals surface area contributed by atoms with Gasteiger partial charge in [-0.1, -0.05) is 0 Å². The minimum absolute atomic E-state index is 0.0510. The van der Waals surface area contributed by atoms with Gasteiger partial charge in [-0.05, 0) is 6.07 Å². The van der Waals surface area contributed by atoms with Gasteiger partial charge in [-0.2, -0.15) is 0 Å². The van der Waals surface area contributed by atoms with E-state index in [9.17, 15) is 14.9 Å². The average Bonchev–Trinajstić information content (AvgIpc) is 2.37. The fourth-order valence-corrected chi connectivity index (χ4v) is 1.31. The van der Waals surface area contributed by atoms with Crippen molar-refractivity contribution in [1.29, 1.82) is 0 Å². The van der Waals surface area contributed by atoms with E-state index < -0.39 is 4.92 Å². The van der Waals surface area contributed by atoms with Crippen LogP contribution in [0, 0.1) is 10.1 Å². The van der Waals surface area contributed by atoms with E-state index in [4.69, 9.17) is 4.74 Å². The summed E-state index contributed by atoms with van der Waals surface area (Å²) in [5.74, 6) is 0.192. The Morgan fingerprint density at radius 1 is 1.47 bits per heavy atom. The number of carbonyl (C=O) groups is 1. The second kappa shape index (κ2) is 3.56. The molecule has 78 valence electrons. The summed E-state index contributed by atoms with van der Waals surface area (Å²) >= 11 is 0. The largest absolute Gasteiger partial charge is 0.491 e. The Balaban J connectivity index is 2.40. The number of non-ortho nitro benzene ring substituents is 1. The molecule has 1 heterocycles. The number of hydrogen-bond acceptors (Lipinski definition) is 4. The van der Waals surface area contributed by atoms with Crippen LogP contribution in [0.3, 0.4) is 0 Å². The van der Waals surface area contributed by atoms with Crippen molar-refractivity contribution < 1.29 is 14.5 Å². The molecule has 0 spiro atoms. The van der Waals surface area contributed by atoms with Gasteiger partial charge >= 0.3 is 0 Å². The van der Waals surface area contributed by atoms with Crippen LogP contribution in [-0.2, 0) is 4.79 Å². The van der Waals surface area contributed by atoms with Gasteiger partial charge < -0.3 is 10.1 Å². The van der Waals surface area contributed by atoms with Crippen molar-refractivity contribution in [3.8, 4) is 5.75 Å². The van der Waals surface area contributed by atoms with Crippen molar-refractivity contribution in [3.63, 3.8) is 0 Å². The number of hydrogen-bond donors (Lipinski definition) is 1. The molecule has 0 atom stereocenters. The van der Waals surface area contributed by atoms with Crippen molar-refractivity contribution in [1.82, 2.24) is 0 Å². The van der Waals surface area contributed by atoms with E-state index in [1.165, 1.54) is 18.2 Å². The Hall–Kier alpha value is -2.11. The third-order valence-corrected chi connectivity index (χ3v) is 2.04. The smallest absolute Gasteiger partial charge is 0.273 e. The highest BCUT2D eigenvalue weighted by Gasteiger charge is 2.16. The van der Waals surface area contributed by atoms with Gasteiger partial charge in [0.15, 0.2) is 0 Å². The Bertz CT molecular complexity index is 430. The van der Waals surface area contributed by atoms with Gasteiger partial charge in [-0.25, -0.2) is 0 Å². The van der Waals surface area contributed by atoms with E-state index >= 15 is 0 Å². The van der Waals surface area contributed by atoms with Gasteiger partial charge in [0.25, 0.3) is 5.69 Å². The first-order valence-electron chi connectivity index (χ1n) is 4.38. The fraction of sp³-hybridized carbons (Fsp3) is 0.222. The SMILES string of the molecule is O=C1CCOc2cc([N+](=O)[O-])ccc2N1. The number of fused-ring (bicyclic) bond motifs is 1. The van der Waals surface area contributed by atoms with Gasteiger partial charge in [-0.15, -0.1) is 0 Å². The molecule has 1 aromatic carbocycles. The second-order valence-corrected chi connectivity index (χ2v) is 3.08. The molecule has 0 bridgehead atoms. The summed E-state index contributed by atoms with van der Waals surface area (Å²) in [5, 5.41) is 13.1. The summed E-state index contributed by atoms with van der Waals surface area (Å²) in [5.41, 5.74) is 0.424. The Labute approximate surface area is 85.0 Å². The summed E-state index contributed by atoms with van der Waals surface area (Å²) in [6, 6.07) is 4.10. The van der Waals surface area contributed by atoms with E-state index in [2.05, 4.69) is 5.32 Å². The molecule has 6 heteroatoms. The number of carbonyl (C=O) groups excluding carboxylic acids is 1. The van der Waals surface area contributed by atoms with E-state index in [1.807, 2.05) is 0 Å². The van der Waals surface area contributed by atoms with Crippen molar-refractivity contribution in [2.45, 2.75) is 6.42 Å². The lowest BCUT2D eigenvalue weighted by Crippen LogP contribution is -2.10. The van der Waals surface area contributed by atoms with Crippen LogP contribution in [-0.4, -0.2) is 17.4 Å². The number of ether oxygens (including phenoxy) is 1. The topological polar surface area (TPSA) is 81.5 Å². The first-order chi connectivity index (χ1) is 7.16. The van der Waals surface area contributed by atoms with Crippen molar-refractivity contribution in [2.75, 3.05) is 11.9 Å². The van der Waals surface area contributed by atoms with E-state index in [0.717, 1.165) is 0 Å². The van der Waals surface area contributed by atoms with Crippen LogP contribution >= 0.6 is 0 Å². The van der Waals surface area contributed by atoms with Crippen LogP contribution in [0.2, 0.25) is 0 Å². The first kappa shape index (κ1) is 9.45. The monoisotopic (exact) mass is 208 g/mol. The van der Waals surface area contributed by atoms with Crippen LogP contribution in [0.4, 0.5) is 11.4 Å². The van der Waals surface area contributed by atoms with Crippen LogP contribution in [0.15, 0.2) is 18.2 Å². The van der Waals surface area contributed by atoms with Gasteiger partial charge in [0.2, 0.25) is 5.91 Å². The number of nitrogens with one attached hydrogen (secondary N) is 1. The van der Waals surface area contributed by atoms with Gasteiger partial charge in [-0.3, -0.25) is 14.9 Å². The van der Waals surface area contributed by atoms with Gasteiger partial charge in [0.1, 0.15) is 5.75 Å². The molecule has 0 fully saturated rings. The maximum Gasteiger partial charge on any atom is 0.273 e. The predicted octanol–water partition coefficient (Wildman–Crippen LogP) is 1.32. The number of nitro benzene ring substituents is 1. The van der Waals surface area contributed by atoms with Crippen molar-refractivity contribution >= 4 is 17.3 Å². The maximum atomic E-state index is 11.1. The molecular weight excluding hydrogens is 200 g/mol. The highest BCUT2D eigenvalue weighted by molar-refractivity contribution is 5.93. The molecule has 15 heavy (non-hydrogen) atoms. The highest BCUT2D eigenvalue weighted by atomic mass is 16.6. The normalized spacial score (nSPS) is 14.5. The average molecular weight is 208 g/mol. The number of nitro groups is 1. The van der Waals surface area contributed by atoms with E-state index in [-0.39, 0.29) is 24.6 Å². The highest BCUT2D eigenvalue weighted by Crippen LogP contribution is 2.30. The van der Waals surface area contributed by atoms with Crippen LogP contribution in [0.1, 0.15) is 6.42 Å². The number of anilines is 1. The second-order valence-electron chi connectivity index (χ2n) is 3.08. The summed E-state index contributed by atoms with van der Waals surface area (Å²) in [7, 11) is 0. The summed E-state index contributed by atoms with van der Waals surface area (Å²) in [6.45, 7) is 0.236. The zero-order chi connectivity index (χ0) is 10.8. The van der Waals surface area contributed by atoms with Crippen molar-refractivity contribution in [3.05, 3.63) is 28.3 Å². The zero-order valence-electron chi connectivity index (χ0n) is 7.73. The Morgan fingerprint density at radius 2 is 2.27 bits per heavy atom. The molecule has 0 saturated carbocycles. The van der Waals surface area contributed by atoms with Gasteiger partial charge in [0.05, 0.1) is 29.7 Å². The minimum atomic E-state index is -0.504. The molecular formula is C9H8N2O4. The molecule has 1 aromatic rings. The molecule has 0 saturated heterocycles. The molecule has 0 unspecified atom stereocenters. The Kier molecular flexibility index (Phi) is 2.24. The van der Waals surface area contributed by atoms with Crippen LogP contribution < -0.4 is 10.1 Å². The maximum absolute atomic E-state index is 11.1. The summed E-state index contributed by atoms with van der Waals surface area (Å²) in [6.07, 6.45) is 0.252. The molecule has 2 rings (SSSR count). The molecule has 6 nitrogen and oxygen atoms in total. The van der Waals surface area contributed by atoms with Gasteiger partial charge in [0, 0.05) is 6.07 Å². The quantitative estimate of drug-likeness (QED) is 0.557.